The number of imidazole rings is 1. The van der Waals surface area contributed by atoms with Gasteiger partial charge in [0.05, 0.1) is 5.69 Å². The van der Waals surface area contributed by atoms with Gasteiger partial charge in [-0.3, -0.25) is 4.57 Å². The highest BCUT2D eigenvalue weighted by atomic mass is 28.4. The van der Waals surface area contributed by atoms with Gasteiger partial charge in [0.1, 0.15) is 5.75 Å². The third kappa shape index (κ3) is 3.59. The Morgan fingerprint density at radius 1 is 0.867 bits per heavy atom. The third-order valence-electron chi connectivity index (χ3n) is 5.58. The molecule has 1 aromatic heterocycles. The zero-order valence-corrected chi connectivity index (χ0v) is 19.0. The molecule has 4 aromatic rings. The molecule has 0 aliphatic carbocycles. The summed E-state index contributed by atoms with van der Waals surface area (Å²) in [6.45, 7) is 8.96. The highest BCUT2D eigenvalue weighted by Gasteiger charge is 2.52. The van der Waals surface area contributed by atoms with Crippen molar-refractivity contribution in [1.82, 2.24) is 9.55 Å². The van der Waals surface area contributed by atoms with Gasteiger partial charge in [0.25, 0.3) is 0 Å². The molecular formula is C26H27N2OSi. The lowest BCUT2D eigenvalue weighted by molar-refractivity contribution is 0.508. The lowest BCUT2D eigenvalue weighted by Crippen LogP contribution is -2.68. The van der Waals surface area contributed by atoms with E-state index >= 15 is 0 Å². The summed E-state index contributed by atoms with van der Waals surface area (Å²) in [5.41, 5.74) is 2.18. The normalized spacial score (nSPS) is 12.0. The van der Waals surface area contributed by atoms with Crippen LogP contribution in [-0.4, -0.2) is 17.9 Å². The Bertz CT molecular complexity index is 1060. The van der Waals surface area contributed by atoms with Crippen LogP contribution in [0.4, 0.5) is 0 Å². The molecule has 0 spiro atoms. The molecule has 0 saturated heterocycles. The fourth-order valence-electron chi connectivity index (χ4n) is 4.10. The van der Waals surface area contributed by atoms with E-state index in [1.807, 2.05) is 10.8 Å². The Kier molecular flexibility index (Phi) is 5.35. The highest BCUT2D eigenvalue weighted by molar-refractivity contribution is 7.00. The largest absolute Gasteiger partial charge is 0.534 e. The third-order valence-corrected chi connectivity index (χ3v) is 10.5. The Morgan fingerprint density at radius 3 is 1.97 bits per heavy atom. The van der Waals surface area contributed by atoms with Crippen LogP contribution in [0.2, 0.25) is 5.04 Å². The smallest absolute Gasteiger partial charge is 0.319 e. The molecule has 0 atom stereocenters. The first-order valence-corrected chi connectivity index (χ1v) is 12.1. The van der Waals surface area contributed by atoms with Crippen LogP contribution in [0, 0.1) is 13.3 Å². The first-order valence-electron chi connectivity index (χ1n) is 10.2. The summed E-state index contributed by atoms with van der Waals surface area (Å²) in [6.07, 6.45) is 6.66. The standard InChI is InChI=1S/C26H27N2OSi/c1-21-15-16-22(19-25(21)28-18-17-27-20-28)29-30(26(2,3)4,23-11-7-5-8-12-23)24-13-9-6-10-14-24/h5-19H,1-4H3. The first kappa shape index (κ1) is 20.2. The van der Waals surface area contributed by atoms with E-state index in [1.54, 1.807) is 6.20 Å². The Balaban J connectivity index is 1.91. The van der Waals surface area contributed by atoms with E-state index in [4.69, 9.17) is 4.43 Å². The lowest BCUT2D eigenvalue weighted by atomic mass is 10.2. The molecule has 3 aromatic carbocycles. The van der Waals surface area contributed by atoms with Gasteiger partial charge >= 0.3 is 8.32 Å². The van der Waals surface area contributed by atoms with Crippen molar-refractivity contribution < 1.29 is 4.43 Å². The summed E-state index contributed by atoms with van der Waals surface area (Å²) in [5.74, 6) is 0.868. The highest BCUT2D eigenvalue weighted by Crippen LogP contribution is 2.38. The summed E-state index contributed by atoms with van der Waals surface area (Å²) in [7, 11) is -2.65. The molecule has 0 aliphatic heterocycles. The summed E-state index contributed by atoms with van der Waals surface area (Å²) < 4.78 is 9.03. The van der Waals surface area contributed by atoms with Crippen LogP contribution < -0.4 is 14.8 Å². The van der Waals surface area contributed by atoms with Crippen molar-refractivity contribution in [2.24, 2.45) is 0 Å². The molecule has 0 fully saturated rings. The second kappa shape index (κ2) is 7.96. The molecular weight excluding hydrogens is 384 g/mol. The summed E-state index contributed by atoms with van der Waals surface area (Å²) in [6, 6.07) is 27.7. The van der Waals surface area contributed by atoms with Gasteiger partial charge in [-0.15, -0.1) is 0 Å². The number of aromatic nitrogens is 2. The van der Waals surface area contributed by atoms with Gasteiger partial charge < -0.3 is 4.43 Å². The summed E-state index contributed by atoms with van der Waals surface area (Å²) in [5, 5.41) is 2.45. The Labute approximate surface area is 180 Å². The van der Waals surface area contributed by atoms with Crippen molar-refractivity contribution in [1.29, 1.82) is 0 Å². The zero-order valence-electron chi connectivity index (χ0n) is 18.0. The van der Waals surface area contributed by atoms with Gasteiger partial charge in [0.15, 0.2) is 6.33 Å². The van der Waals surface area contributed by atoms with E-state index in [9.17, 15) is 0 Å². The van der Waals surface area contributed by atoms with E-state index in [0.29, 0.717) is 0 Å². The van der Waals surface area contributed by atoms with Crippen molar-refractivity contribution in [2.45, 2.75) is 32.7 Å². The maximum absolute atomic E-state index is 7.12. The summed E-state index contributed by atoms with van der Waals surface area (Å²) in [4.78, 5) is 4.08. The Morgan fingerprint density at radius 2 is 1.47 bits per heavy atom. The molecule has 1 radical (unpaired) electrons. The Hall–Kier alpha value is -3.11. The second-order valence-electron chi connectivity index (χ2n) is 8.61. The van der Waals surface area contributed by atoms with E-state index < -0.39 is 8.32 Å². The van der Waals surface area contributed by atoms with Gasteiger partial charge in [-0.25, -0.2) is 4.98 Å². The van der Waals surface area contributed by atoms with Crippen LogP contribution in [0.5, 0.6) is 5.75 Å². The number of nitrogens with zero attached hydrogens (tertiary/aromatic N) is 2. The predicted molar refractivity (Wildman–Crippen MR) is 125 cm³/mol. The average Bonchev–Trinajstić information content (AvgIpc) is 3.28. The predicted octanol–water partition coefficient (Wildman–Crippen LogP) is 4.92. The first-order chi connectivity index (χ1) is 14.4. The van der Waals surface area contributed by atoms with E-state index in [2.05, 4.69) is 118 Å². The molecule has 4 heteroatoms. The number of aryl methyl sites for hydroxylation is 1. The number of rotatable bonds is 5. The van der Waals surface area contributed by atoms with E-state index in [1.165, 1.54) is 10.4 Å². The molecule has 0 aliphatic rings. The average molecular weight is 412 g/mol. The summed E-state index contributed by atoms with van der Waals surface area (Å²) >= 11 is 0. The topological polar surface area (TPSA) is 27.1 Å². The molecule has 0 unspecified atom stereocenters. The van der Waals surface area contributed by atoms with Crippen LogP contribution in [-0.2, 0) is 0 Å². The number of benzene rings is 3. The van der Waals surface area contributed by atoms with Crippen LogP contribution in [0.15, 0.2) is 91.3 Å². The minimum Gasteiger partial charge on any atom is -0.534 e. The molecule has 30 heavy (non-hydrogen) atoms. The van der Waals surface area contributed by atoms with E-state index in [0.717, 1.165) is 17.0 Å². The molecule has 3 nitrogen and oxygen atoms in total. The lowest BCUT2D eigenvalue weighted by Gasteiger charge is -2.43. The maximum atomic E-state index is 7.12. The molecule has 0 N–H and O–H groups in total. The van der Waals surface area contributed by atoms with Crippen molar-refractivity contribution in [3.05, 3.63) is 103 Å². The van der Waals surface area contributed by atoms with Crippen LogP contribution in [0.1, 0.15) is 26.3 Å². The second-order valence-corrected chi connectivity index (χ2v) is 12.8. The number of hydrogen-bond acceptors (Lipinski definition) is 2. The van der Waals surface area contributed by atoms with Crippen molar-refractivity contribution >= 4 is 18.7 Å². The molecule has 4 rings (SSSR count). The minimum atomic E-state index is -2.65. The molecule has 0 bridgehead atoms. The van der Waals surface area contributed by atoms with Gasteiger partial charge in [-0.2, -0.15) is 0 Å². The maximum Gasteiger partial charge on any atom is 0.319 e. The SMILES string of the molecule is Cc1ccc(O[Si](c2ccccc2)(c2ccccc2)C(C)(C)C)cc1-n1[c]ncc1. The molecule has 0 amide bonds. The zero-order chi connectivity index (χ0) is 21.2. The van der Waals surface area contributed by atoms with E-state index in [-0.39, 0.29) is 5.04 Å². The van der Waals surface area contributed by atoms with Gasteiger partial charge in [0, 0.05) is 18.5 Å². The van der Waals surface area contributed by atoms with Gasteiger partial charge in [-0.05, 0) is 34.0 Å². The van der Waals surface area contributed by atoms with Crippen LogP contribution >= 0.6 is 0 Å². The monoisotopic (exact) mass is 411 g/mol. The van der Waals surface area contributed by atoms with Crippen molar-refractivity contribution in [2.75, 3.05) is 0 Å². The molecule has 0 saturated carbocycles. The quantitative estimate of drug-likeness (QED) is 0.436. The van der Waals surface area contributed by atoms with Crippen LogP contribution in [0.25, 0.3) is 5.69 Å². The molecule has 151 valence electrons. The van der Waals surface area contributed by atoms with Crippen molar-refractivity contribution in [3.8, 4) is 11.4 Å². The van der Waals surface area contributed by atoms with Gasteiger partial charge in [0.2, 0.25) is 0 Å². The minimum absolute atomic E-state index is 0.0815. The van der Waals surface area contributed by atoms with Crippen molar-refractivity contribution in [3.63, 3.8) is 0 Å². The van der Waals surface area contributed by atoms with Gasteiger partial charge in [-0.1, -0.05) is 87.5 Å². The number of hydrogen-bond donors (Lipinski definition) is 0. The molecule has 1 heterocycles. The van der Waals surface area contributed by atoms with Crippen LogP contribution in [0.3, 0.4) is 0 Å². The fraction of sp³-hybridized carbons (Fsp3) is 0.192. The fourth-order valence-corrected chi connectivity index (χ4v) is 8.51.